The lowest BCUT2D eigenvalue weighted by molar-refractivity contribution is -0.162. The van der Waals surface area contributed by atoms with Crippen LogP contribution < -0.4 is 0 Å². The van der Waals surface area contributed by atoms with Crippen molar-refractivity contribution in [3.63, 3.8) is 0 Å². The van der Waals surface area contributed by atoms with Crippen molar-refractivity contribution in [1.29, 1.82) is 0 Å². The minimum Gasteiger partial charge on any atom is -0.462 e. The molecule has 0 radical (unpaired) electrons. The zero-order valence-corrected chi connectivity index (χ0v) is 24.4. The van der Waals surface area contributed by atoms with E-state index >= 15 is 0 Å². The SMILES string of the molecule is CC(=O)[C@H]1CC[C@H]2[C@H]3CC[C@H]4C[C@@H](OC(=O)Cc5ccc(C(=O)c6ccccc6)cc5)CC[C@]4(C)[C@@H]3CC[C@]12C. The van der Waals surface area contributed by atoms with Crippen molar-refractivity contribution >= 4 is 17.5 Å². The van der Waals surface area contributed by atoms with Gasteiger partial charge < -0.3 is 4.74 Å². The van der Waals surface area contributed by atoms with Crippen molar-refractivity contribution in [2.75, 3.05) is 0 Å². The molecule has 2 aromatic carbocycles. The Kier molecular flexibility index (Phi) is 7.25. The maximum absolute atomic E-state index is 12.9. The van der Waals surface area contributed by atoms with E-state index in [1.54, 1.807) is 12.1 Å². The maximum Gasteiger partial charge on any atom is 0.310 e. The number of benzene rings is 2. The summed E-state index contributed by atoms with van der Waals surface area (Å²) in [6.07, 6.45) is 10.6. The molecule has 0 amide bonds. The Morgan fingerprint density at radius 3 is 2.17 bits per heavy atom. The first kappa shape index (κ1) is 27.4. The molecule has 40 heavy (non-hydrogen) atoms. The van der Waals surface area contributed by atoms with Gasteiger partial charge in [0.15, 0.2) is 5.78 Å². The molecule has 4 aliphatic rings. The summed E-state index contributed by atoms with van der Waals surface area (Å²) in [5.74, 6) is 3.29. The standard InChI is InChI=1S/C36H44O4/c1-23(37)30-15-16-31-29-14-13-27-22-28(17-19-35(27,2)32(29)18-20-36(30,31)3)40-33(38)21-24-9-11-26(12-10-24)34(39)25-7-5-4-6-8-25/h4-12,27-32H,13-22H2,1-3H3/t27-,28-,29+,30+,31-,32+,35-,36+/m0/s1. The van der Waals surface area contributed by atoms with Gasteiger partial charge in [-0.2, -0.15) is 0 Å². The second kappa shape index (κ2) is 10.6. The van der Waals surface area contributed by atoms with E-state index in [9.17, 15) is 14.4 Å². The summed E-state index contributed by atoms with van der Waals surface area (Å²) >= 11 is 0. The third-order valence-electron chi connectivity index (χ3n) is 12.0. The normalized spacial score (nSPS) is 36.6. The monoisotopic (exact) mass is 540 g/mol. The molecule has 4 fully saturated rings. The van der Waals surface area contributed by atoms with E-state index in [1.807, 2.05) is 49.4 Å². The van der Waals surface area contributed by atoms with Gasteiger partial charge in [0.05, 0.1) is 6.42 Å². The molecule has 0 unspecified atom stereocenters. The van der Waals surface area contributed by atoms with Crippen molar-refractivity contribution < 1.29 is 19.1 Å². The number of fused-ring (bicyclic) bond motifs is 5. The summed E-state index contributed by atoms with van der Waals surface area (Å²) in [5.41, 5.74) is 2.70. The Hall–Kier alpha value is -2.75. The zero-order valence-electron chi connectivity index (χ0n) is 24.4. The lowest BCUT2D eigenvalue weighted by atomic mass is 9.44. The lowest BCUT2D eigenvalue weighted by Gasteiger charge is -2.61. The Balaban J connectivity index is 1.05. The van der Waals surface area contributed by atoms with Crippen LogP contribution in [-0.2, 0) is 20.7 Å². The summed E-state index contributed by atoms with van der Waals surface area (Å²) in [4.78, 5) is 38.0. The fourth-order valence-electron chi connectivity index (χ4n) is 9.92. The predicted molar refractivity (Wildman–Crippen MR) is 156 cm³/mol. The molecule has 4 saturated carbocycles. The van der Waals surface area contributed by atoms with Gasteiger partial charge in [0, 0.05) is 17.0 Å². The van der Waals surface area contributed by atoms with Gasteiger partial charge in [-0.3, -0.25) is 14.4 Å². The average molecular weight is 541 g/mol. The number of rotatable bonds is 6. The van der Waals surface area contributed by atoms with E-state index in [4.69, 9.17) is 4.74 Å². The highest BCUT2D eigenvalue weighted by atomic mass is 16.5. The smallest absolute Gasteiger partial charge is 0.310 e. The number of esters is 1. The van der Waals surface area contributed by atoms with E-state index in [0.717, 1.165) is 43.1 Å². The van der Waals surface area contributed by atoms with Gasteiger partial charge in [-0.15, -0.1) is 0 Å². The fourth-order valence-corrected chi connectivity index (χ4v) is 9.92. The molecule has 0 N–H and O–H groups in total. The zero-order chi connectivity index (χ0) is 28.1. The topological polar surface area (TPSA) is 60.4 Å². The molecule has 0 aromatic heterocycles. The van der Waals surface area contributed by atoms with Crippen LogP contribution in [0.4, 0.5) is 0 Å². The largest absolute Gasteiger partial charge is 0.462 e. The number of Topliss-reactive ketones (excluding diaryl/α,β-unsaturated/α-hetero) is 1. The van der Waals surface area contributed by atoms with Crippen LogP contribution in [0, 0.1) is 40.4 Å². The number of hydrogen-bond acceptors (Lipinski definition) is 4. The van der Waals surface area contributed by atoms with Crippen LogP contribution in [0.5, 0.6) is 0 Å². The van der Waals surface area contributed by atoms with Crippen molar-refractivity contribution in [3.8, 4) is 0 Å². The number of ether oxygens (including phenoxy) is 1. The summed E-state index contributed by atoms with van der Waals surface area (Å²) in [6, 6.07) is 16.6. The molecule has 0 bridgehead atoms. The number of carbonyl (C=O) groups is 3. The lowest BCUT2D eigenvalue weighted by Crippen LogP contribution is -2.54. The van der Waals surface area contributed by atoms with Gasteiger partial charge in [0.2, 0.25) is 0 Å². The van der Waals surface area contributed by atoms with E-state index in [2.05, 4.69) is 13.8 Å². The average Bonchev–Trinajstić information content (AvgIpc) is 3.31. The molecule has 6 rings (SSSR count). The van der Waals surface area contributed by atoms with Crippen LogP contribution in [-0.4, -0.2) is 23.6 Å². The van der Waals surface area contributed by atoms with E-state index in [1.165, 1.54) is 32.1 Å². The fraction of sp³-hybridized carbons (Fsp3) is 0.583. The molecule has 8 atom stereocenters. The molecule has 0 heterocycles. The Labute approximate surface area is 239 Å². The second-order valence-corrected chi connectivity index (χ2v) is 13.9. The van der Waals surface area contributed by atoms with Crippen molar-refractivity contribution in [1.82, 2.24) is 0 Å². The molecule has 4 heteroatoms. The van der Waals surface area contributed by atoms with Crippen LogP contribution in [0.15, 0.2) is 54.6 Å². The van der Waals surface area contributed by atoms with Crippen molar-refractivity contribution in [2.45, 2.75) is 91.1 Å². The molecule has 0 aliphatic heterocycles. The third kappa shape index (κ3) is 4.76. The Morgan fingerprint density at radius 1 is 0.775 bits per heavy atom. The maximum atomic E-state index is 12.9. The second-order valence-electron chi connectivity index (χ2n) is 13.9. The molecule has 212 valence electrons. The molecule has 0 spiro atoms. The van der Waals surface area contributed by atoms with Crippen molar-refractivity contribution in [2.24, 2.45) is 40.4 Å². The van der Waals surface area contributed by atoms with Crippen LogP contribution in [0.3, 0.4) is 0 Å². The van der Waals surface area contributed by atoms with E-state index in [0.29, 0.717) is 34.2 Å². The Bertz CT molecular complexity index is 1270. The number of ketones is 2. The molecular formula is C36H44O4. The Morgan fingerprint density at radius 2 is 1.45 bits per heavy atom. The molecule has 2 aromatic rings. The van der Waals surface area contributed by atoms with Gasteiger partial charge in [-0.1, -0.05) is 68.4 Å². The minimum atomic E-state index is -0.168. The van der Waals surface area contributed by atoms with Crippen LogP contribution >= 0.6 is 0 Å². The van der Waals surface area contributed by atoms with Crippen molar-refractivity contribution in [3.05, 3.63) is 71.3 Å². The van der Waals surface area contributed by atoms with Gasteiger partial charge >= 0.3 is 5.97 Å². The molecule has 0 saturated heterocycles. The van der Waals surface area contributed by atoms with Gasteiger partial charge in [-0.25, -0.2) is 0 Å². The minimum absolute atomic E-state index is 0.00323. The first-order valence-electron chi connectivity index (χ1n) is 15.6. The highest BCUT2D eigenvalue weighted by molar-refractivity contribution is 6.08. The highest BCUT2D eigenvalue weighted by Gasteiger charge is 2.60. The number of hydrogen-bond donors (Lipinski definition) is 0. The highest BCUT2D eigenvalue weighted by Crippen LogP contribution is 2.67. The van der Waals surface area contributed by atoms with E-state index < -0.39 is 0 Å². The van der Waals surface area contributed by atoms with Gasteiger partial charge in [0.1, 0.15) is 11.9 Å². The summed E-state index contributed by atoms with van der Waals surface area (Å²) < 4.78 is 6.05. The van der Waals surface area contributed by atoms with Gasteiger partial charge in [-0.05, 0) is 105 Å². The van der Waals surface area contributed by atoms with E-state index in [-0.39, 0.29) is 35.6 Å². The van der Waals surface area contributed by atoms with Crippen LogP contribution in [0.1, 0.15) is 100 Å². The quantitative estimate of drug-likeness (QED) is 0.279. The summed E-state index contributed by atoms with van der Waals surface area (Å²) in [5, 5.41) is 0. The summed E-state index contributed by atoms with van der Waals surface area (Å²) in [7, 11) is 0. The molecule has 4 aliphatic carbocycles. The summed E-state index contributed by atoms with van der Waals surface area (Å²) in [6.45, 7) is 6.77. The molecular weight excluding hydrogens is 496 g/mol. The van der Waals surface area contributed by atoms with Crippen LogP contribution in [0.2, 0.25) is 0 Å². The first-order valence-corrected chi connectivity index (χ1v) is 15.6. The first-order chi connectivity index (χ1) is 19.2. The molecule has 4 nitrogen and oxygen atoms in total. The predicted octanol–water partition coefficient (Wildman–Crippen LogP) is 7.62. The third-order valence-corrected chi connectivity index (χ3v) is 12.0. The number of carbonyl (C=O) groups excluding carboxylic acids is 3. The van der Waals surface area contributed by atoms with Crippen LogP contribution in [0.25, 0.3) is 0 Å². The van der Waals surface area contributed by atoms with Gasteiger partial charge in [0.25, 0.3) is 0 Å².